The topological polar surface area (TPSA) is 45.1 Å². The molecule has 38 heavy (non-hydrogen) atoms. The van der Waals surface area contributed by atoms with E-state index in [9.17, 15) is 0 Å². The lowest BCUT2D eigenvalue weighted by Gasteiger charge is -2.18. The molecule has 0 fully saturated rings. The predicted molar refractivity (Wildman–Crippen MR) is 171 cm³/mol. The lowest BCUT2D eigenvalue weighted by Crippen LogP contribution is -2.19. The first kappa shape index (κ1) is 37.9. The van der Waals surface area contributed by atoms with Gasteiger partial charge < -0.3 is 14.7 Å². The molecular formula is C34H58N2O2. The average molecular weight is 527 g/mol. The van der Waals surface area contributed by atoms with Crippen LogP contribution in [0.2, 0.25) is 0 Å². The zero-order valence-corrected chi connectivity index (χ0v) is 26.1. The summed E-state index contributed by atoms with van der Waals surface area (Å²) in [6.45, 7) is 17.5. The van der Waals surface area contributed by atoms with E-state index in [-0.39, 0.29) is 0 Å². The second-order valence-electron chi connectivity index (χ2n) is 8.16. The SMILES string of the molecule is CC.CC.CC.CCOCC1=N/C=C(c2cccc(CN(C)CCCC3=CCCC=C3)c2)\C=C/CC1.CO. The zero-order chi connectivity index (χ0) is 29.0. The van der Waals surface area contributed by atoms with Gasteiger partial charge in [-0.2, -0.15) is 0 Å². The summed E-state index contributed by atoms with van der Waals surface area (Å²) < 4.78 is 5.55. The van der Waals surface area contributed by atoms with E-state index in [1.807, 2.05) is 54.7 Å². The zero-order valence-electron chi connectivity index (χ0n) is 26.1. The largest absolute Gasteiger partial charge is 0.400 e. The maximum Gasteiger partial charge on any atom is 0.0848 e. The molecule has 2 aliphatic rings. The van der Waals surface area contributed by atoms with E-state index < -0.39 is 0 Å². The molecule has 1 aliphatic carbocycles. The smallest absolute Gasteiger partial charge is 0.0848 e. The van der Waals surface area contributed by atoms with Gasteiger partial charge in [0, 0.05) is 32.2 Å². The predicted octanol–water partition coefficient (Wildman–Crippen LogP) is 9.03. The van der Waals surface area contributed by atoms with Gasteiger partial charge in [-0.25, -0.2) is 0 Å². The highest BCUT2D eigenvalue weighted by atomic mass is 16.5. The first-order valence-corrected chi connectivity index (χ1v) is 14.8. The van der Waals surface area contributed by atoms with Crippen molar-refractivity contribution >= 4 is 11.3 Å². The fraction of sp³-hybridized carbons (Fsp3) is 0.559. The van der Waals surface area contributed by atoms with E-state index in [1.54, 1.807) is 0 Å². The molecule has 4 heteroatoms. The summed E-state index contributed by atoms with van der Waals surface area (Å²) in [5.74, 6) is 0. The van der Waals surface area contributed by atoms with E-state index in [1.165, 1.54) is 48.0 Å². The van der Waals surface area contributed by atoms with Gasteiger partial charge >= 0.3 is 0 Å². The normalized spacial score (nSPS) is 16.0. The van der Waals surface area contributed by atoms with E-state index in [0.717, 1.165) is 45.4 Å². The summed E-state index contributed by atoms with van der Waals surface area (Å²) in [4.78, 5) is 7.13. The summed E-state index contributed by atoms with van der Waals surface area (Å²) in [5, 5.41) is 7.00. The molecule has 0 bridgehead atoms. The number of rotatable bonds is 10. The van der Waals surface area contributed by atoms with Crippen LogP contribution < -0.4 is 0 Å². The van der Waals surface area contributed by atoms with Crippen molar-refractivity contribution < 1.29 is 9.84 Å². The minimum Gasteiger partial charge on any atom is -0.400 e. The number of hydrogen-bond donors (Lipinski definition) is 1. The molecule has 3 rings (SSSR count). The molecule has 0 amide bonds. The van der Waals surface area contributed by atoms with Gasteiger partial charge in [-0.15, -0.1) is 0 Å². The highest BCUT2D eigenvalue weighted by molar-refractivity contribution is 5.88. The Morgan fingerprint density at radius 2 is 1.66 bits per heavy atom. The van der Waals surface area contributed by atoms with Crippen molar-refractivity contribution in [3.05, 3.63) is 77.5 Å². The van der Waals surface area contributed by atoms with E-state index in [0.29, 0.717) is 6.61 Å². The van der Waals surface area contributed by atoms with Crippen LogP contribution in [0.4, 0.5) is 0 Å². The number of ether oxygens (including phenoxy) is 1. The van der Waals surface area contributed by atoms with Crippen LogP contribution in [0.25, 0.3) is 5.57 Å². The Balaban J connectivity index is 0. The average Bonchev–Trinajstić information content (AvgIpc) is 2.98. The number of hydrogen-bond acceptors (Lipinski definition) is 4. The molecule has 216 valence electrons. The van der Waals surface area contributed by atoms with Gasteiger partial charge in [0.15, 0.2) is 0 Å². The molecule has 0 saturated carbocycles. The van der Waals surface area contributed by atoms with Crippen LogP contribution in [0.3, 0.4) is 0 Å². The minimum atomic E-state index is 0.631. The first-order valence-electron chi connectivity index (χ1n) is 14.8. The number of benzene rings is 1. The monoisotopic (exact) mass is 526 g/mol. The maximum atomic E-state index is 7.00. The first-order chi connectivity index (χ1) is 18.7. The standard InChI is InChI=1S/C27H36N2O.3C2H6.CH4O/c1-3-30-22-27-17-8-7-15-26(20-28-27)25-16-9-13-24(19-25)21-29(2)18-10-14-23-11-5-4-6-12-23;4*1-2/h5,7,9,11-13,15-16,19-20H,3-4,6,8,10,14,17-18,21-22H2,1-2H3;3*1-2H3;2H,1H3/b15-7-,26-20+,28-27?;;;;. The molecule has 0 unspecified atom stereocenters. The molecule has 0 aromatic heterocycles. The highest BCUT2D eigenvalue weighted by Gasteiger charge is 2.07. The van der Waals surface area contributed by atoms with E-state index in [4.69, 9.17) is 14.8 Å². The fourth-order valence-corrected chi connectivity index (χ4v) is 3.87. The van der Waals surface area contributed by atoms with Gasteiger partial charge in [-0.1, -0.05) is 95.7 Å². The summed E-state index contributed by atoms with van der Waals surface area (Å²) in [5.41, 5.74) is 6.38. The molecular weight excluding hydrogens is 468 g/mol. The minimum absolute atomic E-state index is 0.631. The van der Waals surface area contributed by atoms with Crippen LogP contribution in [0.15, 0.2) is 71.4 Å². The maximum absolute atomic E-state index is 7.00. The molecule has 1 aromatic rings. The van der Waals surface area contributed by atoms with Crippen molar-refractivity contribution in [1.82, 2.24) is 4.90 Å². The van der Waals surface area contributed by atoms with Crippen molar-refractivity contribution in [1.29, 1.82) is 0 Å². The Labute approximate surface area is 235 Å². The van der Waals surface area contributed by atoms with Crippen LogP contribution in [0, 0.1) is 0 Å². The Hall–Kier alpha value is -2.27. The van der Waals surface area contributed by atoms with Crippen LogP contribution in [-0.4, -0.2) is 49.6 Å². The van der Waals surface area contributed by atoms with Crippen molar-refractivity contribution in [2.75, 3.05) is 33.9 Å². The summed E-state index contributed by atoms with van der Waals surface area (Å²) >= 11 is 0. The number of aliphatic hydroxyl groups excluding tert-OH is 1. The Bertz CT molecular complexity index is 835. The lowest BCUT2D eigenvalue weighted by molar-refractivity contribution is 0.186. The molecule has 4 nitrogen and oxygen atoms in total. The Morgan fingerprint density at radius 1 is 0.947 bits per heavy atom. The van der Waals surface area contributed by atoms with Gasteiger partial charge in [0.2, 0.25) is 0 Å². The van der Waals surface area contributed by atoms with Crippen molar-refractivity contribution in [2.45, 2.75) is 93.5 Å². The molecule has 1 heterocycles. The summed E-state index contributed by atoms with van der Waals surface area (Å²) in [6.07, 6.45) is 20.2. The van der Waals surface area contributed by atoms with Crippen molar-refractivity contribution in [2.24, 2.45) is 4.99 Å². The van der Waals surface area contributed by atoms with Crippen LogP contribution in [0.5, 0.6) is 0 Å². The van der Waals surface area contributed by atoms with Crippen LogP contribution >= 0.6 is 0 Å². The van der Waals surface area contributed by atoms with Gasteiger partial charge in [-0.05, 0) is 81.8 Å². The second-order valence-corrected chi connectivity index (χ2v) is 8.16. The lowest BCUT2D eigenvalue weighted by atomic mass is 10.0. The molecule has 0 spiro atoms. The molecule has 1 N–H and O–H groups in total. The third-order valence-electron chi connectivity index (χ3n) is 5.55. The molecule has 0 radical (unpaired) electrons. The van der Waals surface area contributed by atoms with Crippen LogP contribution in [0.1, 0.15) is 98.1 Å². The number of allylic oxidation sites excluding steroid dienone is 7. The molecule has 0 saturated heterocycles. The Morgan fingerprint density at radius 3 is 2.32 bits per heavy atom. The fourth-order valence-electron chi connectivity index (χ4n) is 3.87. The van der Waals surface area contributed by atoms with E-state index in [2.05, 4.69) is 66.6 Å². The van der Waals surface area contributed by atoms with Crippen LogP contribution in [-0.2, 0) is 11.3 Å². The highest BCUT2D eigenvalue weighted by Crippen LogP contribution is 2.21. The molecule has 0 atom stereocenters. The van der Waals surface area contributed by atoms with Gasteiger partial charge in [-0.3, -0.25) is 4.99 Å². The number of aliphatic imine (C=N–C) groups is 1. The van der Waals surface area contributed by atoms with Crippen molar-refractivity contribution in [3.8, 4) is 0 Å². The second kappa shape index (κ2) is 27.8. The van der Waals surface area contributed by atoms with E-state index >= 15 is 0 Å². The number of nitrogens with zero attached hydrogens (tertiary/aromatic N) is 2. The van der Waals surface area contributed by atoms with Gasteiger partial charge in [0.25, 0.3) is 0 Å². The summed E-state index contributed by atoms with van der Waals surface area (Å²) in [6, 6.07) is 8.87. The molecule has 1 aliphatic heterocycles. The third-order valence-corrected chi connectivity index (χ3v) is 5.55. The van der Waals surface area contributed by atoms with Gasteiger partial charge in [0.05, 0.1) is 6.61 Å². The number of aliphatic hydroxyl groups is 1. The molecule has 1 aromatic carbocycles. The summed E-state index contributed by atoms with van der Waals surface area (Å²) in [7, 11) is 3.22. The van der Waals surface area contributed by atoms with Gasteiger partial charge in [0.1, 0.15) is 0 Å². The van der Waals surface area contributed by atoms with Crippen molar-refractivity contribution in [3.63, 3.8) is 0 Å². The Kier molecular flexibility index (Phi) is 27.7. The quantitative estimate of drug-likeness (QED) is 0.331. The third kappa shape index (κ3) is 17.3.